The molecule has 31 heavy (non-hydrogen) atoms. The molecule has 0 aliphatic heterocycles. The molecule has 0 aliphatic rings. The Labute approximate surface area is 176 Å². The van der Waals surface area contributed by atoms with Crippen molar-refractivity contribution in [2.45, 2.75) is 6.54 Å². The van der Waals surface area contributed by atoms with E-state index in [0.717, 1.165) is 0 Å². The number of aromatic amines is 1. The zero-order valence-corrected chi connectivity index (χ0v) is 16.6. The number of amides is 1. The number of hydrogen-bond acceptors (Lipinski definition) is 5. The SMILES string of the molecule is Cn1cc(-c2nc(C(=O)NCc3ccccc3F)c(N)nc2-c2ccc[nH]2)ccc1=O. The molecule has 0 fully saturated rings. The summed E-state index contributed by atoms with van der Waals surface area (Å²) >= 11 is 0. The number of carbonyl (C=O) groups is 1. The molecule has 1 amide bonds. The maximum Gasteiger partial charge on any atom is 0.274 e. The van der Waals surface area contributed by atoms with E-state index in [1.165, 1.54) is 16.7 Å². The van der Waals surface area contributed by atoms with Gasteiger partial charge in [-0.3, -0.25) is 9.59 Å². The van der Waals surface area contributed by atoms with Crippen molar-refractivity contribution in [1.29, 1.82) is 0 Å². The highest BCUT2D eigenvalue weighted by Gasteiger charge is 2.20. The second kappa shape index (κ2) is 8.23. The number of benzene rings is 1. The summed E-state index contributed by atoms with van der Waals surface area (Å²) in [5, 5.41) is 2.63. The van der Waals surface area contributed by atoms with Gasteiger partial charge in [-0.25, -0.2) is 14.4 Å². The van der Waals surface area contributed by atoms with Crippen LogP contribution in [0.1, 0.15) is 16.1 Å². The second-order valence-electron chi connectivity index (χ2n) is 6.88. The number of nitrogen functional groups attached to an aromatic ring is 1. The third-order valence-electron chi connectivity index (χ3n) is 4.75. The van der Waals surface area contributed by atoms with E-state index in [9.17, 15) is 14.0 Å². The molecule has 4 aromatic rings. The maximum atomic E-state index is 13.9. The highest BCUT2D eigenvalue weighted by atomic mass is 19.1. The van der Waals surface area contributed by atoms with Crippen molar-refractivity contribution in [1.82, 2.24) is 24.8 Å². The minimum Gasteiger partial charge on any atom is -0.382 e. The van der Waals surface area contributed by atoms with Crippen LogP contribution >= 0.6 is 0 Å². The number of aryl methyl sites for hydroxylation is 1. The molecule has 4 rings (SSSR count). The van der Waals surface area contributed by atoms with Crippen molar-refractivity contribution >= 4 is 11.7 Å². The highest BCUT2D eigenvalue weighted by Crippen LogP contribution is 2.29. The number of pyridine rings is 1. The molecule has 3 aromatic heterocycles. The van der Waals surface area contributed by atoms with Gasteiger partial charge in [-0.05, 0) is 24.3 Å². The van der Waals surface area contributed by atoms with Crippen LogP contribution in [0.5, 0.6) is 0 Å². The van der Waals surface area contributed by atoms with Gasteiger partial charge in [-0.2, -0.15) is 0 Å². The molecule has 0 aliphatic carbocycles. The van der Waals surface area contributed by atoms with Crippen LogP contribution in [-0.2, 0) is 13.6 Å². The van der Waals surface area contributed by atoms with E-state index in [-0.39, 0.29) is 23.6 Å². The quantitative estimate of drug-likeness (QED) is 0.460. The fourth-order valence-electron chi connectivity index (χ4n) is 3.12. The maximum absolute atomic E-state index is 13.9. The Morgan fingerprint density at radius 3 is 2.65 bits per heavy atom. The number of nitrogens with two attached hydrogens (primary N) is 1. The molecular formula is C22H19FN6O2. The Balaban J connectivity index is 1.75. The van der Waals surface area contributed by atoms with Gasteiger partial charge in [0.1, 0.15) is 17.2 Å². The van der Waals surface area contributed by atoms with Gasteiger partial charge >= 0.3 is 0 Å². The molecule has 0 spiro atoms. The number of halogens is 1. The second-order valence-corrected chi connectivity index (χ2v) is 6.88. The highest BCUT2D eigenvalue weighted by molar-refractivity contribution is 5.97. The Bertz CT molecular complexity index is 1310. The van der Waals surface area contributed by atoms with Crippen molar-refractivity contribution in [2.75, 3.05) is 5.73 Å². The number of aromatic nitrogens is 4. The van der Waals surface area contributed by atoms with Gasteiger partial charge in [-0.1, -0.05) is 18.2 Å². The van der Waals surface area contributed by atoms with Gasteiger partial charge in [-0.15, -0.1) is 0 Å². The van der Waals surface area contributed by atoms with E-state index in [2.05, 4.69) is 20.3 Å². The molecule has 156 valence electrons. The van der Waals surface area contributed by atoms with Crippen molar-refractivity contribution in [3.05, 3.63) is 88.4 Å². The summed E-state index contributed by atoms with van der Waals surface area (Å²) in [5.41, 5.74) is 8.17. The standard InChI is InChI=1S/C22H19FN6O2/c1-29-12-14(8-9-17(29)30)18-19(16-7-4-10-25-16)28-21(24)20(27-18)22(31)26-11-13-5-2-3-6-15(13)23/h2-10,12,25H,11H2,1H3,(H2,24,28)(H,26,31). The number of nitrogens with one attached hydrogen (secondary N) is 2. The monoisotopic (exact) mass is 418 g/mol. The number of carbonyl (C=O) groups excluding carboxylic acids is 1. The summed E-state index contributed by atoms with van der Waals surface area (Å²) in [6.07, 6.45) is 3.34. The molecule has 0 unspecified atom stereocenters. The van der Waals surface area contributed by atoms with Crippen molar-refractivity contribution in [2.24, 2.45) is 7.05 Å². The predicted molar refractivity (Wildman–Crippen MR) is 114 cm³/mol. The van der Waals surface area contributed by atoms with Gasteiger partial charge in [0.05, 0.1) is 5.69 Å². The van der Waals surface area contributed by atoms with Crippen LogP contribution in [0, 0.1) is 5.82 Å². The summed E-state index contributed by atoms with van der Waals surface area (Å²) in [4.78, 5) is 36.5. The van der Waals surface area contributed by atoms with E-state index >= 15 is 0 Å². The Morgan fingerprint density at radius 2 is 1.94 bits per heavy atom. The normalized spacial score (nSPS) is 10.8. The molecule has 8 nitrogen and oxygen atoms in total. The number of anilines is 1. The zero-order chi connectivity index (χ0) is 22.0. The first-order valence-electron chi connectivity index (χ1n) is 9.44. The Kier molecular flexibility index (Phi) is 5.31. The van der Waals surface area contributed by atoms with Crippen molar-refractivity contribution in [3.63, 3.8) is 0 Å². The summed E-state index contributed by atoms with van der Waals surface area (Å²) < 4.78 is 15.3. The lowest BCUT2D eigenvalue weighted by atomic mass is 10.1. The first kappa shape index (κ1) is 20.0. The average Bonchev–Trinajstić information content (AvgIpc) is 3.29. The summed E-state index contributed by atoms with van der Waals surface area (Å²) in [6, 6.07) is 12.8. The van der Waals surface area contributed by atoms with Gasteiger partial charge in [0.25, 0.3) is 5.91 Å². The lowest BCUT2D eigenvalue weighted by Gasteiger charge is -2.13. The third kappa shape index (κ3) is 4.06. The van der Waals surface area contributed by atoms with Gasteiger partial charge in [0, 0.05) is 43.2 Å². The molecule has 9 heteroatoms. The van der Waals surface area contributed by atoms with Crippen LogP contribution in [-0.4, -0.2) is 25.4 Å². The minimum absolute atomic E-state index is 0.0276. The third-order valence-corrected chi connectivity index (χ3v) is 4.75. The van der Waals surface area contributed by atoms with Crippen LogP contribution in [0.25, 0.3) is 22.6 Å². The van der Waals surface area contributed by atoms with E-state index in [4.69, 9.17) is 5.73 Å². The molecule has 0 radical (unpaired) electrons. The first-order chi connectivity index (χ1) is 14.9. The topological polar surface area (TPSA) is 119 Å². The van der Waals surface area contributed by atoms with E-state index in [1.807, 2.05) is 0 Å². The number of hydrogen-bond donors (Lipinski definition) is 3. The van der Waals surface area contributed by atoms with E-state index in [0.29, 0.717) is 28.2 Å². The Hall–Kier alpha value is -4.27. The molecule has 0 saturated carbocycles. The molecule has 0 bridgehead atoms. The summed E-state index contributed by atoms with van der Waals surface area (Å²) in [6.45, 7) is -0.0276. The average molecular weight is 418 g/mol. The van der Waals surface area contributed by atoms with E-state index in [1.54, 1.807) is 55.8 Å². The van der Waals surface area contributed by atoms with Crippen molar-refractivity contribution < 1.29 is 9.18 Å². The lowest BCUT2D eigenvalue weighted by molar-refractivity contribution is 0.0946. The lowest BCUT2D eigenvalue weighted by Crippen LogP contribution is -2.26. The molecule has 1 aromatic carbocycles. The van der Waals surface area contributed by atoms with Gasteiger partial charge in [0.2, 0.25) is 5.56 Å². The Morgan fingerprint density at radius 1 is 1.13 bits per heavy atom. The molecule has 4 N–H and O–H groups in total. The fraction of sp³-hybridized carbons (Fsp3) is 0.0909. The van der Waals surface area contributed by atoms with Crippen LogP contribution in [0.3, 0.4) is 0 Å². The molecule has 0 saturated heterocycles. The number of H-pyrrole nitrogens is 1. The van der Waals surface area contributed by atoms with Crippen LogP contribution in [0.2, 0.25) is 0 Å². The number of rotatable bonds is 5. The van der Waals surface area contributed by atoms with Crippen LogP contribution in [0.4, 0.5) is 10.2 Å². The van der Waals surface area contributed by atoms with E-state index < -0.39 is 11.7 Å². The smallest absolute Gasteiger partial charge is 0.274 e. The first-order valence-corrected chi connectivity index (χ1v) is 9.44. The molecule has 3 heterocycles. The summed E-state index contributed by atoms with van der Waals surface area (Å²) in [5.74, 6) is -1.07. The van der Waals surface area contributed by atoms with Crippen LogP contribution < -0.4 is 16.6 Å². The minimum atomic E-state index is -0.586. The molecular weight excluding hydrogens is 399 g/mol. The van der Waals surface area contributed by atoms with Crippen molar-refractivity contribution in [3.8, 4) is 22.6 Å². The van der Waals surface area contributed by atoms with Gasteiger partial charge in [0.15, 0.2) is 11.5 Å². The zero-order valence-electron chi connectivity index (χ0n) is 16.6. The van der Waals surface area contributed by atoms with Gasteiger partial charge < -0.3 is 20.6 Å². The van der Waals surface area contributed by atoms with Crippen LogP contribution in [0.15, 0.2) is 65.7 Å². The largest absolute Gasteiger partial charge is 0.382 e. The number of nitrogens with zero attached hydrogens (tertiary/aromatic N) is 3. The predicted octanol–water partition coefficient (Wildman–Crippen LogP) is 2.49. The fourth-order valence-corrected chi connectivity index (χ4v) is 3.12. The molecule has 0 atom stereocenters. The summed E-state index contributed by atoms with van der Waals surface area (Å²) in [7, 11) is 1.62.